The maximum Gasteiger partial charge on any atom is 0.274 e. The molecule has 2 atom stereocenters. The zero-order valence-corrected chi connectivity index (χ0v) is 20.0. The van der Waals surface area contributed by atoms with Gasteiger partial charge in [-0.3, -0.25) is 9.59 Å². The van der Waals surface area contributed by atoms with Crippen molar-refractivity contribution in [1.82, 2.24) is 9.47 Å². The Morgan fingerprint density at radius 1 is 1.06 bits per heavy atom. The normalized spacial score (nSPS) is 20.0. The first kappa shape index (κ1) is 22.4. The summed E-state index contributed by atoms with van der Waals surface area (Å²) in [6.45, 7) is 9.10. The molecule has 1 amide bonds. The van der Waals surface area contributed by atoms with Crippen LogP contribution in [0.25, 0.3) is 0 Å². The standard InChI is InChI=1S/C26H36N4O2/c1-26(2,3)13-24(31)29-15-19-12-20(17-29)23-11-10-22(25(32)30(23)16-19)27-14-18-6-8-21(9-7-18)28(4)5/h6-11,19-20,27H,12-17H2,1-5H3/t19-,20+/m0/s1. The molecule has 1 saturated heterocycles. The van der Waals surface area contributed by atoms with Crippen molar-refractivity contribution in [3.63, 3.8) is 0 Å². The Morgan fingerprint density at radius 3 is 2.44 bits per heavy atom. The number of hydrogen-bond donors (Lipinski definition) is 1. The molecule has 0 spiro atoms. The number of aromatic nitrogens is 1. The third-order valence-electron chi connectivity index (χ3n) is 6.57. The lowest BCUT2D eigenvalue weighted by Gasteiger charge is -2.43. The molecule has 1 aromatic carbocycles. The second-order valence-electron chi connectivity index (χ2n) is 10.8. The molecule has 0 aliphatic carbocycles. The van der Waals surface area contributed by atoms with Gasteiger partial charge in [0.15, 0.2) is 0 Å². The second kappa shape index (κ2) is 8.64. The summed E-state index contributed by atoms with van der Waals surface area (Å²) in [5, 5.41) is 3.34. The van der Waals surface area contributed by atoms with Crippen molar-refractivity contribution in [2.24, 2.45) is 11.3 Å². The highest BCUT2D eigenvalue weighted by Gasteiger charge is 2.37. The van der Waals surface area contributed by atoms with E-state index in [-0.39, 0.29) is 22.8 Å². The summed E-state index contributed by atoms with van der Waals surface area (Å²) in [5.41, 5.74) is 4.06. The molecule has 2 aliphatic rings. The number of carbonyl (C=O) groups is 1. The fourth-order valence-corrected chi connectivity index (χ4v) is 4.96. The van der Waals surface area contributed by atoms with Crippen LogP contribution in [0.4, 0.5) is 11.4 Å². The van der Waals surface area contributed by atoms with E-state index >= 15 is 0 Å². The van der Waals surface area contributed by atoms with E-state index in [0.29, 0.717) is 31.1 Å². The average molecular weight is 437 g/mol. The number of amides is 1. The minimum atomic E-state index is -0.00810. The van der Waals surface area contributed by atoms with Crippen molar-refractivity contribution in [1.29, 1.82) is 0 Å². The topological polar surface area (TPSA) is 57.6 Å². The van der Waals surface area contributed by atoms with Crippen LogP contribution >= 0.6 is 0 Å². The summed E-state index contributed by atoms with van der Waals surface area (Å²) in [6, 6.07) is 12.4. The van der Waals surface area contributed by atoms with Crippen LogP contribution in [0.5, 0.6) is 0 Å². The van der Waals surface area contributed by atoms with Crippen molar-refractivity contribution >= 4 is 17.3 Å². The monoisotopic (exact) mass is 436 g/mol. The van der Waals surface area contributed by atoms with Gasteiger partial charge in [0.1, 0.15) is 5.69 Å². The first-order valence-electron chi connectivity index (χ1n) is 11.6. The van der Waals surface area contributed by atoms with E-state index in [4.69, 9.17) is 0 Å². The van der Waals surface area contributed by atoms with Crippen LogP contribution in [0.1, 0.15) is 50.8 Å². The fraction of sp³-hybridized carbons (Fsp3) is 0.538. The van der Waals surface area contributed by atoms with Gasteiger partial charge < -0.3 is 19.7 Å². The third kappa shape index (κ3) is 4.84. The van der Waals surface area contributed by atoms with Gasteiger partial charge in [0.05, 0.1) is 0 Å². The number of anilines is 2. The maximum atomic E-state index is 13.2. The van der Waals surface area contributed by atoms with E-state index in [9.17, 15) is 9.59 Å². The van der Waals surface area contributed by atoms with E-state index in [2.05, 4.69) is 61.3 Å². The van der Waals surface area contributed by atoms with Gasteiger partial charge in [0.2, 0.25) is 5.91 Å². The van der Waals surface area contributed by atoms with Crippen molar-refractivity contribution in [2.45, 2.75) is 52.6 Å². The number of nitrogens with zero attached hydrogens (tertiary/aromatic N) is 3. The molecule has 3 heterocycles. The molecule has 0 saturated carbocycles. The fourth-order valence-electron chi connectivity index (χ4n) is 4.96. The number of likely N-dealkylation sites (tertiary alicyclic amines) is 1. The lowest BCUT2D eigenvalue weighted by molar-refractivity contribution is -0.135. The van der Waals surface area contributed by atoms with Crippen molar-refractivity contribution in [2.75, 3.05) is 37.4 Å². The summed E-state index contributed by atoms with van der Waals surface area (Å²) < 4.78 is 1.95. The highest BCUT2D eigenvalue weighted by atomic mass is 16.2. The Kier molecular flexibility index (Phi) is 6.06. The van der Waals surface area contributed by atoms with Gasteiger partial charge in [-0.25, -0.2) is 0 Å². The molecule has 0 radical (unpaired) electrons. The Hall–Kier alpha value is -2.76. The molecule has 2 aliphatic heterocycles. The first-order chi connectivity index (χ1) is 15.1. The van der Waals surface area contributed by atoms with Crippen LogP contribution in [0, 0.1) is 11.3 Å². The van der Waals surface area contributed by atoms with Gasteiger partial charge in [0, 0.05) is 64.0 Å². The molecule has 2 bridgehead atoms. The van der Waals surface area contributed by atoms with Gasteiger partial charge in [-0.1, -0.05) is 32.9 Å². The minimum absolute atomic E-state index is 0.00810. The van der Waals surface area contributed by atoms with Crippen molar-refractivity contribution in [3.05, 3.63) is 58.0 Å². The first-order valence-corrected chi connectivity index (χ1v) is 11.6. The third-order valence-corrected chi connectivity index (χ3v) is 6.57. The van der Waals surface area contributed by atoms with Gasteiger partial charge in [0.25, 0.3) is 5.56 Å². The van der Waals surface area contributed by atoms with Crippen molar-refractivity contribution in [3.8, 4) is 0 Å². The number of fused-ring (bicyclic) bond motifs is 4. The summed E-state index contributed by atoms with van der Waals surface area (Å²) in [6.07, 6.45) is 1.63. The Balaban J connectivity index is 1.47. The zero-order valence-electron chi connectivity index (χ0n) is 20.0. The summed E-state index contributed by atoms with van der Waals surface area (Å²) in [7, 11) is 4.05. The number of carbonyl (C=O) groups excluding carboxylic acids is 1. The summed E-state index contributed by atoms with van der Waals surface area (Å²) in [4.78, 5) is 30.1. The zero-order chi connectivity index (χ0) is 23.0. The molecule has 1 fully saturated rings. The van der Waals surface area contributed by atoms with Crippen LogP contribution in [0.3, 0.4) is 0 Å². The predicted octanol–water partition coefficient (Wildman–Crippen LogP) is 3.91. The van der Waals surface area contributed by atoms with Crippen LogP contribution in [0.15, 0.2) is 41.2 Å². The largest absolute Gasteiger partial charge is 0.378 e. The number of hydrogen-bond acceptors (Lipinski definition) is 4. The lowest BCUT2D eigenvalue weighted by Crippen LogP contribution is -2.49. The average Bonchev–Trinajstić information content (AvgIpc) is 2.72. The Bertz CT molecular complexity index is 1030. The molecular formula is C26H36N4O2. The lowest BCUT2D eigenvalue weighted by atomic mass is 9.82. The van der Waals surface area contributed by atoms with Crippen LogP contribution < -0.4 is 15.8 Å². The van der Waals surface area contributed by atoms with E-state index < -0.39 is 0 Å². The number of pyridine rings is 1. The van der Waals surface area contributed by atoms with Gasteiger partial charge in [-0.05, 0) is 47.6 Å². The molecule has 4 rings (SSSR count). The van der Waals surface area contributed by atoms with Crippen molar-refractivity contribution < 1.29 is 4.79 Å². The number of benzene rings is 1. The Morgan fingerprint density at radius 2 is 1.78 bits per heavy atom. The Labute approximate surface area is 191 Å². The highest BCUT2D eigenvalue weighted by Crippen LogP contribution is 2.36. The highest BCUT2D eigenvalue weighted by molar-refractivity contribution is 5.77. The number of rotatable bonds is 5. The van der Waals surface area contributed by atoms with Gasteiger partial charge in [-0.2, -0.15) is 0 Å². The molecule has 0 unspecified atom stereocenters. The van der Waals surface area contributed by atoms with Crippen LogP contribution in [-0.2, 0) is 17.9 Å². The predicted molar refractivity (Wildman–Crippen MR) is 130 cm³/mol. The molecule has 2 aromatic rings. The number of piperidine rings is 1. The quantitative estimate of drug-likeness (QED) is 0.772. The van der Waals surface area contributed by atoms with Gasteiger partial charge in [-0.15, -0.1) is 0 Å². The maximum absolute atomic E-state index is 13.2. The van der Waals surface area contributed by atoms with E-state index in [1.165, 1.54) is 0 Å². The molecule has 1 N–H and O–H groups in total. The summed E-state index contributed by atoms with van der Waals surface area (Å²) >= 11 is 0. The summed E-state index contributed by atoms with van der Waals surface area (Å²) in [5.74, 6) is 0.824. The SMILES string of the molecule is CN(C)c1ccc(CNc2ccc3n(c2=O)C[C@H]2C[C@@H]3CN(C(=O)CC(C)(C)C)C2)cc1. The molecule has 32 heavy (non-hydrogen) atoms. The van der Waals surface area contributed by atoms with E-state index in [0.717, 1.165) is 36.5 Å². The molecule has 6 nitrogen and oxygen atoms in total. The number of nitrogens with one attached hydrogen (secondary N) is 1. The van der Waals surface area contributed by atoms with Gasteiger partial charge >= 0.3 is 0 Å². The molecule has 172 valence electrons. The second-order valence-corrected chi connectivity index (χ2v) is 10.8. The molecule has 6 heteroatoms. The van der Waals surface area contributed by atoms with Crippen LogP contribution in [-0.4, -0.2) is 42.6 Å². The minimum Gasteiger partial charge on any atom is -0.378 e. The van der Waals surface area contributed by atoms with Crippen LogP contribution in [0.2, 0.25) is 0 Å². The smallest absolute Gasteiger partial charge is 0.274 e. The molecular weight excluding hydrogens is 400 g/mol. The van der Waals surface area contributed by atoms with E-state index in [1.807, 2.05) is 29.6 Å². The molecule has 1 aromatic heterocycles. The van der Waals surface area contributed by atoms with E-state index in [1.54, 1.807) is 0 Å².